The number of carbonyl (C=O) groups excluding carboxylic acids is 1. The van der Waals surface area contributed by atoms with Crippen molar-refractivity contribution >= 4 is 15.7 Å². The SMILES string of the molecule is CC(Oc1ccc(-c2ccccc2)cc1)C(=O)N1CCN(CCS(C)(=O)=O)CC1. The number of piperazine rings is 1. The molecule has 29 heavy (non-hydrogen) atoms. The van der Waals surface area contributed by atoms with Crippen molar-refractivity contribution in [2.75, 3.05) is 44.7 Å². The van der Waals surface area contributed by atoms with Gasteiger partial charge in [0.25, 0.3) is 5.91 Å². The van der Waals surface area contributed by atoms with Gasteiger partial charge in [-0.3, -0.25) is 9.69 Å². The molecule has 1 saturated heterocycles. The van der Waals surface area contributed by atoms with Gasteiger partial charge in [0.05, 0.1) is 5.75 Å². The number of nitrogens with zero attached hydrogens (tertiary/aromatic N) is 2. The lowest BCUT2D eigenvalue weighted by Crippen LogP contribution is -2.52. The first kappa shape index (κ1) is 21.3. The molecule has 0 spiro atoms. The molecule has 2 aromatic rings. The average molecular weight is 417 g/mol. The molecule has 1 amide bonds. The lowest BCUT2D eigenvalue weighted by Gasteiger charge is -2.35. The third-order valence-corrected chi connectivity index (χ3v) is 6.01. The van der Waals surface area contributed by atoms with E-state index in [0.717, 1.165) is 11.1 Å². The molecule has 156 valence electrons. The first-order valence-electron chi connectivity index (χ1n) is 9.83. The molecular formula is C22H28N2O4S. The lowest BCUT2D eigenvalue weighted by molar-refractivity contribution is -0.139. The highest BCUT2D eigenvalue weighted by Crippen LogP contribution is 2.23. The smallest absolute Gasteiger partial charge is 0.263 e. The van der Waals surface area contributed by atoms with Gasteiger partial charge in [0, 0.05) is 39.0 Å². The van der Waals surface area contributed by atoms with Crippen LogP contribution in [0.2, 0.25) is 0 Å². The number of hydrogen-bond donors (Lipinski definition) is 0. The summed E-state index contributed by atoms with van der Waals surface area (Å²) in [7, 11) is -2.96. The molecular weight excluding hydrogens is 388 g/mol. The number of hydrogen-bond acceptors (Lipinski definition) is 5. The zero-order chi connectivity index (χ0) is 20.9. The van der Waals surface area contributed by atoms with Crippen LogP contribution in [0.3, 0.4) is 0 Å². The maximum absolute atomic E-state index is 12.7. The van der Waals surface area contributed by atoms with Crippen LogP contribution in [0.4, 0.5) is 0 Å². The van der Waals surface area contributed by atoms with Gasteiger partial charge < -0.3 is 9.64 Å². The van der Waals surface area contributed by atoms with E-state index in [1.54, 1.807) is 11.8 Å². The van der Waals surface area contributed by atoms with Gasteiger partial charge in [0.15, 0.2) is 6.10 Å². The molecule has 0 radical (unpaired) electrons. The molecule has 0 bridgehead atoms. The van der Waals surface area contributed by atoms with Crippen LogP contribution in [0.15, 0.2) is 54.6 Å². The summed E-state index contributed by atoms with van der Waals surface area (Å²) in [5.41, 5.74) is 2.24. The average Bonchev–Trinajstić information content (AvgIpc) is 2.73. The Bertz CT molecular complexity index is 906. The molecule has 1 heterocycles. The van der Waals surface area contributed by atoms with Crippen molar-refractivity contribution in [1.82, 2.24) is 9.80 Å². The standard InChI is InChI=1S/C22H28N2O4S/c1-18(22(25)24-14-12-23(13-15-24)16-17-29(2,26)27)28-21-10-8-20(9-11-21)19-6-4-3-5-7-19/h3-11,18H,12-17H2,1-2H3. The zero-order valence-electron chi connectivity index (χ0n) is 17.0. The third kappa shape index (κ3) is 6.30. The molecule has 0 aromatic heterocycles. The number of amides is 1. The lowest BCUT2D eigenvalue weighted by atomic mass is 10.1. The molecule has 7 heteroatoms. The van der Waals surface area contributed by atoms with Crippen molar-refractivity contribution in [2.45, 2.75) is 13.0 Å². The molecule has 3 rings (SSSR count). The van der Waals surface area contributed by atoms with Crippen LogP contribution >= 0.6 is 0 Å². The normalized spacial score (nSPS) is 16.4. The van der Waals surface area contributed by atoms with Gasteiger partial charge in [0.2, 0.25) is 0 Å². The number of benzene rings is 2. The topological polar surface area (TPSA) is 66.9 Å². The Labute approximate surface area is 173 Å². The van der Waals surface area contributed by atoms with E-state index >= 15 is 0 Å². The summed E-state index contributed by atoms with van der Waals surface area (Å²) in [6.07, 6.45) is 0.679. The summed E-state index contributed by atoms with van der Waals surface area (Å²) >= 11 is 0. The van der Waals surface area contributed by atoms with Crippen molar-refractivity contribution in [3.63, 3.8) is 0 Å². The maximum atomic E-state index is 12.7. The summed E-state index contributed by atoms with van der Waals surface area (Å²) in [4.78, 5) is 16.6. The first-order chi connectivity index (χ1) is 13.8. The van der Waals surface area contributed by atoms with E-state index in [2.05, 4.69) is 17.0 Å². The molecule has 1 atom stereocenters. The van der Waals surface area contributed by atoms with Gasteiger partial charge in [-0.1, -0.05) is 42.5 Å². The van der Waals surface area contributed by atoms with Crippen LogP contribution in [0, 0.1) is 0 Å². The summed E-state index contributed by atoms with van der Waals surface area (Å²) < 4.78 is 28.5. The van der Waals surface area contributed by atoms with E-state index in [9.17, 15) is 13.2 Å². The van der Waals surface area contributed by atoms with Crippen LogP contribution in [-0.4, -0.2) is 75.0 Å². The minimum absolute atomic E-state index is 0.0418. The van der Waals surface area contributed by atoms with E-state index in [4.69, 9.17) is 4.74 Å². The maximum Gasteiger partial charge on any atom is 0.263 e. The van der Waals surface area contributed by atoms with Crippen molar-refractivity contribution in [3.8, 4) is 16.9 Å². The molecule has 6 nitrogen and oxygen atoms in total. The summed E-state index contributed by atoms with van der Waals surface area (Å²) in [5, 5.41) is 0. The van der Waals surface area contributed by atoms with E-state index in [0.29, 0.717) is 38.5 Å². The van der Waals surface area contributed by atoms with Crippen LogP contribution in [0.1, 0.15) is 6.92 Å². The van der Waals surface area contributed by atoms with E-state index in [-0.39, 0.29) is 11.7 Å². The van der Waals surface area contributed by atoms with Gasteiger partial charge >= 0.3 is 0 Å². The fourth-order valence-electron chi connectivity index (χ4n) is 3.35. The Kier molecular flexibility index (Phi) is 6.92. The van der Waals surface area contributed by atoms with Gasteiger partial charge in [0.1, 0.15) is 15.6 Å². The van der Waals surface area contributed by atoms with Crippen molar-refractivity contribution in [2.24, 2.45) is 0 Å². The third-order valence-electron chi connectivity index (χ3n) is 5.08. The van der Waals surface area contributed by atoms with Crippen LogP contribution in [0.5, 0.6) is 5.75 Å². The summed E-state index contributed by atoms with van der Waals surface area (Å²) in [6.45, 7) is 4.82. The second-order valence-corrected chi connectivity index (χ2v) is 9.71. The highest BCUT2D eigenvalue weighted by atomic mass is 32.2. The molecule has 1 aliphatic heterocycles. The highest BCUT2D eigenvalue weighted by molar-refractivity contribution is 7.90. The van der Waals surface area contributed by atoms with E-state index in [1.807, 2.05) is 42.5 Å². The van der Waals surface area contributed by atoms with Crippen LogP contribution < -0.4 is 4.74 Å². The molecule has 1 aliphatic rings. The van der Waals surface area contributed by atoms with Gasteiger partial charge in [-0.05, 0) is 30.2 Å². The molecule has 0 saturated carbocycles. The minimum Gasteiger partial charge on any atom is -0.481 e. The number of carbonyl (C=O) groups is 1. The largest absolute Gasteiger partial charge is 0.481 e. The minimum atomic E-state index is -2.96. The van der Waals surface area contributed by atoms with E-state index in [1.165, 1.54) is 6.26 Å². The monoisotopic (exact) mass is 416 g/mol. The van der Waals surface area contributed by atoms with Gasteiger partial charge in [-0.2, -0.15) is 0 Å². The number of sulfone groups is 1. The van der Waals surface area contributed by atoms with Crippen LogP contribution in [-0.2, 0) is 14.6 Å². The molecule has 1 fully saturated rings. The van der Waals surface area contributed by atoms with Crippen molar-refractivity contribution < 1.29 is 17.9 Å². The Hall–Kier alpha value is -2.38. The summed E-state index contributed by atoms with van der Waals surface area (Å²) in [5.74, 6) is 0.775. The predicted molar refractivity (Wildman–Crippen MR) is 115 cm³/mol. The second-order valence-electron chi connectivity index (χ2n) is 7.45. The summed E-state index contributed by atoms with van der Waals surface area (Å²) in [6, 6.07) is 17.8. The fraction of sp³-hybridized carbons (Fsp3) is 0.409. The molecule has 2 aromatic carbocycles. The fourth-order valence-corrected chi connectivity index (χ4v) is 3.94. The predicted octanol–water partition coefficient (Wildman–Crippen LogP) is 2.31. The Morgan fingerprint density at radius 2 is 1.55 bits per heavy atom. The molecule has 0 aliphatic carbocycles. The number of rotatable bonds is 7. The zero-order valence-corrected chi connectivity index (χ0v) is 17.8. The Morgan fingerprint density at radius 3 is 2.14 bits per heavy atom. The second kappa shape index (κ2) is 9.41. The van der Waals surface area contributed by atoms with E-state index < -0.39 is 15.9 Å². The van der Waals surface area contributed by atoms with Crippen LogP contribution in [0.25, 0.3) is 11.1 Å². The Balaban J connectivity index is 1.49. The Morgan fingerprint density at radius 1 is 0.966 bits per heavy atom. The van der Waals surface area contributed by atoms with Gasteiger partial charge in [-0.25, -0.2) is 8.42 Å². The first-order valence-corrected chi connectivity index (χ1v) is 11.9. The quantitative estimate of drug-likeness (QED) is 0.693. The highest BCUT2D eigenvalue weighted by Gasteiger charge is 2.26. The molecule has 0 N–H and O–H groups in total. The van der Waals surface area contributed by atoms with Gasteiger partial charge in [-0.15, -0.1) is 0 Å². The van der Waals surface area contributed by atoms with Crippen molar-refractivity contribution in [3.05, 3.63) is 54.6 Å². The molecule has 1 unspecified atom stereocenters. The number of ether oxygens (including phenoxy) is 1. The van der Waals surface area contributed by atoms with Crippen molar-refractivity contribution in [1.29, 1.82) is 0 Å².